The van der Waals surface area contributed by atoms with Gasteiger partial charge in [0.15, 0.2) is 0 Å². The topological polar surface area (TPSA) is 86.8 Å². The molecule has 10 heteroatoms. The minimum atomic E-state index is -3.83. The molecular formula is C29H33BrClN3O4S. The third-order valence-corrected chi connectivity index (χ3v) is 8.16. The number of anilines is 1. The monoisotopic (exact) mass is 633 g/mol. The van der Waals surface area contributed by atoms with Gasteiger partial charge in [0.1, 0.15) is 12.6 Å². The Hall–Kier alpha value is -2.88. The Morgan fingerprint density at radius 1 is 0.974 bits per heavy atom. The van der Waals surface area contributed by atoms with Crippen LogP contribution in [0, 0.1) is 0 Å². The Balaban J connectivity index is 2.06. The highest BCUT2D eigenvalue weighted by Gasteiger charge is 2.33. The molecule has 3 aromatic rings. The molecule has 0 bridgehead atoms. The lowest BCUT2D eigenvalue weighted by atomic mass is 10.0. The number of carbonyl (C=O) groups is 2. The number of carbonyl (C=O) groups excluding carboxylic acids is 2. The number of hydrogen-bond donors (Lipinski definition) is 1. The van der Waals surface area contributed by atoms with Crippen molar-refractivity contribution >= 4 is 55.1 Å². The summed E-state index contributed by atoms with van der Waals surface area (Å²) in [6, 6.07) is 22.2. The summed E-state index contributed by atoms with van der Waals surface area (Å²) >= 11 is 9.60. The van der Waals surface area contributed by atoms with Gasteiger partial charge in [-0.3, -0.25) is 13.9 Å². The first-order valence-electron chi connectivity index (χ1n) is 12.6. The van der Waals surface area contributed by atoms with Crippen LogP contribution >= 0.6 is 27.5 Å². The van der Waals surface area contributed by atoms with E-state index in [9.17, 15) is 18.0 Å². The van der Waals surface area contributed by atoms with Crippen molar-refractivity contribution in [3.63, 3.8) is 0 Å². The van der Waals surface area contributed by atoms with Crippen molar-refractivity contribution in [1.29, 1.82) is 0 Å². The van der Waals surface area contributed by atoms with Crippen molar-refractivity contribution in [1.82, 2.24) is 10.2 Å². The van der Waals surface area contributed by atoms with Crippen LogP contribution in [0.1, 0.15) is 31.4 Å². The quantitative estimate of drug-likeness (QED) is 0.288. The van der Waals surface area contributed by atoms with Gasteiger partial charge in [0.2, 0.25) is 21.8 Å². The van der Waals surface area contributed by atoms with Crippen molar-refractivity contribution in [2.45, 2.75) is 45.3 Å². The molecule has 0 radical (unpaired) electrons. The minimum Gasteiger partial charge on any atom is -0.352 e. The molecule has 39 heavy (non-hydrogen) atoms. The molecule has 0 aliphatic heterocycles. The van der Waals surface area contributed by atoms with Crippen molar-refractivity contribution < 1.29 is 18.0 Å². The lowest BCUT2D eigenvalue weighted by molar-refractivity contribution is -0.140. The summed E-state index contributed by atoms with van der Waals surface area (Å²) in [7, 11) is -3.83. The van der Waals surface area contributed by atoms with E-state index in [0.717, 1.165) is 28.1 Å². The van der Waals surface area contributed by atoms with Crippen molar-refractivity contribution in [3.05, 3.63) is 99.5 Å². The third-order valence-electron chi connectivity index (χ3n) is 6.29. The van der Waals surface area contributed by atoms with E-state index in [4.69, 9.17) is 11.6 Å². The maximum absolute atomic E-state index is 14.0. The summed E-state index contributed by atoms with van der Waals surface area (Å²) < 4.78 is 27.4. The maximum Gasteiger partial charge on any atom is 0.244 e. The van der Waals surface area contributed by atoms with Crippen LogP contribution in [0.2, 0.25) is 5.02 Å². The molecule has 3 rings (SSSR count). The van der Waals surface area contributed by atoms with Gasteiger partial charge in [-0.05, 0) is 54.8 Å². The van der Waals surface area contributed by atoms with Crippen LogP contribution in [0.5, 0.6) is 0 Å². The Morgan fingerprint density at radius 3 is 2.26 bits per heavy atom. The predicted octanol–water partition coefficient (Wildman–Crippen LogP) is 5.42. The Kier molecular flexibility index (Phi) is 11.0. The van der Waals surface area contributed by atoms with Gasteiger partial charge in [0.25, 0.3) is 0 Å². The van der Waals surface area contributed by atoms with E-state index in [2.05, 4.69) is 21.2 Å². The SMILES string of the molecule is CC[C@H](C)NC(=O)[C@@H](Cc1ccccc1)N(Cc1cccc(Cl)c1)C(=O)CN(c1cccc(Br)c1)S(C)(=O)=O. The van der Waals surface area contributed by atoms with Gasteiger partial charge >= 0.3 is 0 Å². The van der Waals surface area contributed by atoms with Crippen LogP contribution in [-0.4, -0.2) is 50.0 Å². The first kappa shape index (κ1) is 30.7. The number of amides is 2. The van der Waals surface area contributed by atoms with E-state index in [1.165, 1.54) is 4.90 Å². The first-order valence-corrected chi connectivity index (χ1v) is 15.6. The second kappa shape index (κ2) is 14.0. The molecule has 0 spiro atoms. The molecule has 0 saturated carbocycles. The van der Waals surface area contributed by atoms with Gasteiger partial charge in [-0.1, -0.05) is 83.0 Å². The van der Waals surface area contributed by atoms with E-state index in [1.54, 1.807) is 42.5 Å². The summed E-state index contributed by atoms with van der Waals surface area (Å²) in [5.74, 6) is -0.822. The standard InChI is InChI=1S/C29H33BrClN3O4S/c1-4-21(2)32-29(36)27(17-22-10-6-5-7-11-22)33(19-23-12-8-14-25(31)16-23)28(35)20-34(39(3,37)38)26-15-9-13-24(30)18-26/h5-16,18,21,27H,4,17,19-20H2,1-3H3,(H,32,36)/t21-,27+/m0/s1. The van der Waals surface area contributed by atoms with Gasteiger partial charge in [0, 0.05) is 28.5 Å². The largest absolute Gasteiger partial charge is 0.352 e. The smallest absolute Gasteiger partial charge is 0.244 e. The zero-order chi connectivity index (χ0) is 28.6. The van der Waals surface area contributed by atoms with Crippen LogP contribution < -0.4 is 9.62 Å². The van der Waals surface area contributed by atoms with Gasteiger partial charge in [-0.25, -0.2) is 8.42 Å². The summed E-state index contributed by atoms with van der Waals surface area (Å²) in [4.78, 5) is 29.1. The Morgan fingerprint density at radius 2 is 1.64 bits per heavy atom. The van der Waals surface area contributed by atoms with Gasteiger partial charge in [0.05, 0.1) is 11.9 Å². The lowest BCUT2D eigenvalue weighted by Gasteiger charge is -2.34. The number of halogens is 2. The first-order chi connectivity index (χ1) is 18.5. The number of sulfonamides is 1. The third kappa shape index (κ3) is 9.08. The molecule has 0 heterocycles. The van der Waals surface area contributed by atoms with Gasteiger partial charge in [-0.15, -0.1) is 0 Å². The maximum atomic E-state index is 14.0. The molecular weight excluding hydrogens is 602 g/mol. The van der Waals surface area contributed by atoms with Crippen molar-refractivity contribution in [2.75, 3.05) is 17.1 Å². The molecule has 0 saturated heterocycles. The number of nitrogens with zero attached hydrogens (tertiary/aromatic N) is 2. The van der Waals surface area contributed by atoms with Crippen LogP contribution in [0.3, 0.4) is 0 Å². The molecule has 3 aromatic carbocycles. The lowest BCUT2D eigenvalue weighted by Crippen LogP contribution is -2.54. The number of nitrogens with one attached hydrogen (secondary N) is 1. The second-order valence-electron chi connectivity index (χ2n) is 9.42. The predicted molar refractivity (Wildman–Crippen MR) is 160 cm³/mol. The average Bonchev–Trinajstić information content (AvgIpc) is 2.89. The van der Waals surface area contributed by atoms with E-state index >= 15 is 0 Å². The molecule has 0 aliphatic rings. The minimum absolute atomic E-state index is 0.0703. The second-order valence-corrected chi connectivity index (χ2v) is 12.7. The summed E-state index contributed by atoms with van der Waals surface area (Å²) in [6.45, 7) is 3.46. The summed E-state index contributed by atoms with van der Waals surface area (Å²) in [5.41, 5.74) is 1.93. The highest BCUT2D eigenvalue weighted by molar-refractivity contribution is 9.10. The van der Waals surface area contributed by atoms with Crippen LogP contribution in [-0.2, 0) is 32.6 Å². The van der Waals surface area contributed by atoms with Crippen LogP contribution in [0.25, 0.3) is 0 Å². The Bertz CT molecular complexity index is 1390. The molecule has 7 nitrogen and oxygen atoms in total. The van der Waals surface area contributed by atoms with Crippen molar-refractivity contribution in [3.8, 4) is 0 Å². The Labute approximate surface area is 244 Å². The fourth-order valence-electron chi connectivity index (χ4n) is 4.07. The molecule has 2 atom stereocenters. The van der Waals surface area contributed by atoms with Gasteiger partial charge < -0.3 is 10.2 Å². The van der Waals surface area contributed by atoms with E-state index in [-0.39, 0.29) is 24.9 Å². The molecule has 208 valence electrons. The van der Waals surface area contributed by atoms with Gasteiger partial charge in [-0.2, -0.15) is 0 Å². The van der Waals surface area contributed by atoms with Crippen molar-refractivity contribution in [2.24, 2.45) is 0 Å². The molecule has 0 unspecified atom stereocenters. The average molecular weight is 635 g/mol. The van der Waals surface area contributed by atoms with E-state index < -0.39 is 28.5 Å². The highest BCUT2D eigenvalue weighted by Crippen LogP contribution is 2.24. The summed E-state index contributed by atoms with van der Waals surface area (Å²) in [6.07, 6.45) is 2.03. The van der Waals surface area contributed by atoms with E-state index in [1.807, 2.05) is 50.2 Å². The van der Waals surface area contributed by atoms with Crippen LogP contribution in [0.4, 0.5) is 5.69 Å². The molecule has 0 aliphatic carbocycles. The fraction of sp³-hybridized carbons (Fsp3) is 0.310. The van der Waals surface area contributed by atoms with E-state index in [0.29, 0.717) is 15.2 Å². The number of hydrogen-bond acceptors (Lipinski definition) is 4. The zero-order valence-corrected chi connectivity index (χ0v) is 25.3. The zero-order valence-electron chi connectivity index (χ0n) is 22.2. The summed E-state index contributed by atoms with van der Waals surface area (Å²) in [5, 5.41) is 3.50. The molecule has 0 aromatic heterocycles. The number of rotatable bonds is 12. The molecule has 2 amide bonds. The van der Waals surface area contributed by atoms with Crippen LogP contribution in [0.15, 0.2) is 83.3 Å². The normalized spacial score (nSPS) is 12.8. The highest BCUT2D eigenvalue weighted by atomic mass is 79.9. The molecule has 0 fully saturated rings. The molecule has 1 N–H and O–H groups in total. The number of benzene rings is 3. The fourth-order valence-corrected chi connectivity index (χ4v) is 5.51.